The van der Waals surface area contributed by atoms with Crippen LogP contribution in [-0.2, 0) is 0 Å². The number of aromatic amines is 1. The van der Waals surface area contributed by atoms with Gasteiger partial charge in [-0.25, -0.2) is 0 Å². The maximum Gasteiger partial charge on any atom is 0.0597 e. The minimum absolute atomic E-state index is 0.296. The third-order valence-corrected chi connectivity index (χ3v) is 2.74. The van der Waals surface area contributed by atoms with Crippen LogP contribution in [0.25, 0.3) is 10.9 Å². The summed E-state index contributed by atoms with van der Waals surface area (Å²) in [7, 11) is 0. The highest BCUT2D eigenvalue weighted by Crippen LogP contribution is 2.22. The van der Waals surface area contributed by atoms with Crippen molar-refractivity contribution in [3.8, 4) is 0 Å². The Morgan fingerprint density at radius 3 is 3.00 bits per heavy atom. The quantitative estimate of drug-likeness (QED) is 0.674. The Labute approximate surface area is 96.0 Å². The molecule has 3 nitrogen and oxygen atoms in total. The van der Waals surface area contributed by atoms with E-state index in [4.69, 9.17) is 5.73 Å². The molecular formula is C13H19N3. The van der Waals surface area contributed by atoms with Crippen molar-refractivity contribution in [2.45, 2.75) is 25.8 Å². The number of hydrogen-bond acceptors (Lipinski definition) is 2. The molecule has 0 aliphatic carbocycles. The van der Waals surface area contributed by atoms with Gasteiger partial charge in [-0.1, -0.05) is 18.2 Å². The van der Waals surface area contributed by atoms with Crippen molar-refractivity contribution in [2.75, 3.05) is 11.9 Å². The molecule has 3 heteroatoms. The molecule has 2 aromatic rings. The van der Waals surface area contributed by atoms with E-state index in [-0.39, 0.29) is 0 Å². The number of H-pyrrole nitrogens is 1. The SMILES string of the molecule is CC(N)CCCNc1c[nH]c2ccccc12. The minimum atomic E-state index is 0.296. The van der Waals surface area contributed by atoms with Crippen LogP contribution < -0.4 is 11.1 Å². The second-order valence-corrected chi connectivity index (χ2v) is 4.29. The summed E-state index contributed by atoms with van der Waals surface area (Å²) in [5.41, 5.74) is 8.07. The van der Waals surface area contributed by atoms with E-state index >= 15 is 0 Å². The number of fused-ring (bicyclic) bond motifs is 1. The van der Waals surface area contributed by atoms with Crippen LogP contribution in [0.1, 0.15) is 19.8 Å². The molecule has 86 valence electrons. The Morgan fingerprint density at radius 1 is 1.38 bits per heavy atom. The van der Waals surface area contributed by atoms with E-state index in [2.05, 4.69) is 28.5 Å². The van der Waals surface area contributed by atoms with Crippen LogP contribution >= 0.6 is 0 Å². The number of benzene rings is 1. The van der Waals surface area contributed by atoms with Gasteiger partial charge in [0.25, 0.3) is 0 Å². The first kappa shape index (κ1) is 11.0. The second kappa shape index (κ2) is 5.03. The Bertz CT molecular complexity index is 445. The lowest BCUT2D eigenvalue weighted by atomic mass is 10.2. The Hall–Kier alpha value is -1.48. The molecule has 1 unspecified atom stereocenters. The molecule has 1 atom stereocenters. The minimum Gasteiger partial charge on any atom is -0.383 e. The summed E-state index contributed by atoms with van der Waals surface area (Å²) in [4.78, 5) is 3.25. The molecule has 0 aliphatic rings. The van der Waals surface area contributed by atoms with Crippen molar-refractivity contribution < 1.29 is 0 Å². The number of aromatic nitrogens is 1. The van der Waals surface area contributed by atoms with E-state index < -0.39 is 0 Å². The van der Waals surface area contributed by atoms with Gasteiger partial charge < -0.3 is 16.0 Å². The smallest absolute Gasteiger partial charge is 0.0597 e. The number of nitrogens with one attached hydrogen (secondary N) is 2. The highest BCUT2D eigenvalue weighted by atomic mass is 14.9. The highest BCUT2D eigenvalue weighted by Gasteiger charge is 2.01. The Morgan fingerprint density at radius 2 is 2.19 bits per heavy atom. The molecule has 0 saturated heterocycles. The van der Waals surface area contributed by atoms with Crippen molar-refractivity contribution >= 4 is 16.6 Å². The number of hydrogen-bond donors (Lipinski definition) is 3. The van der Waals surface area contributed by atoms with E-state index in [9.17, 15) is 0 Å². The zero-order valence-electron chi connectivity index (χ0n) is 9.66. The third kappa shape index (κ3) is 2.55. The summed E-state index contributed by atoms with van der Waals surface area (Å²) >= 11 is 0. The molecule has 0 spiro atoms. The third-order valence-electron chi connectivity index (χ3n) is 2.74. The van der Waals surface area contributed by atoms with Crippen molar-refractivity contribution in [3.63, 3.8) is 0 Å². The second-order valence-electron chi connectivity index (χ2n) is 4.29. The summed E-state index contributed by atoms with van der Waals surface area (Å²) in [6.07, 6.45) is 4.20. The van der Waals surface area contributed by atoms with Crippen LogP contribution in [-0.4, -0.2) is 17.6 Å². The molecule has 0 bridgehead atoms. The standard InChI is InChI=1S/C13H19N3/c1-10(14)5-4-8-15-13-9-16-12-7-3-2-6-11(12)13/h2-3,6-7,9-10,15-16H,4-5,8,14H2,1H3. The van der Waals surface area contributed by atoms with E-state index in [0.29, 0.717) is 6.04 Å². The molecular weight excluding hydrogens is 198 g/mol. The number of nitrogens with two attached hydrogens (primary N) is 1. The van der Waals surface area contributed by atoms with Gasteiger partial charge in [0.2, 0.25) is 0 Å². The summed E-state index contributed by atoms with van der Waals surface area (Å²) in [6.45, 7) is 3.02. The van der Waals surface area contributed by atoms with Gasteiger partial charge in [0.15, 0.2) is 0 Å². The largest absolute Gasteiger partial charge is 0.383 e. The van der Waals surface area contributed by atoms with Crippen LogP contribution in [0.2, 0.25) is 0 Å². The normalized spacial score (nSPS) is 12.9. The van der Waals surface area contributed by atoms with Gasteiger partial charge in [-0.15, -0.1) is 0 Å². The van der Waals surface area contributed by atoms with Gasteiger partial charge in [-0.05, 0) is 25.8 Å². The molecule has 1 heterocycles. The van der Waals surface area contributed by atoms with Gasteiger partial charge in [0.1, 0.15) is 0 Å². The molecule has 1 aromatic carbocycles. The lowest BCUT2D eigenvalue weighted by molar-refractivity contribution is 0.639. The van der Waals surface area contributed by atoms with E-state index in [1.165, 1.54) is 16.6 Å². The first-order valence-corrected chi connectivity index (χ1v) is 5.83. The Kier molecular flexibility index (Phi) is 3.47. The van der Waals surface area contributed by atoms with E-state index in [1.54, 1.807) is 0 Å². The summed E-state index contributed by atoms with van der Waals surface area (Å²) < 4.78 is 0. The first-order valence-electron chi connectivity index (χ1n) is 5.83. The molecule has 16 heavy (non-hydrogen) atoms. The fourth-order valence-corrected chi connectivity index (χ4v) is 1.86. The lowest BCUT2D eigenvalue weighted by Crippen LogP contribution is -2.16. The average Bonchev–Trinajstić information content (AvgIpc) is 2.68. The number of rotatable bonds is 5. The fourth-order valence-electron chi connectivity index (χ4n) is 1.86. The molecule has 0 aliphatic heterocycles. The summed E-state index contributed by atoms with van der Waals surface area (Å²) in [5, 5.41) is 4.69. The summed E-state index contributed by atoms with van der Waals surface area (Å²) in [6, 6.07) is 8.61. The van der Waals surface area contributed by atoms with Gasteiger partial charge in [-0.3, -0.25) is 0 Å². The topological polar surface area (TPSA) is 53.8 Å². The zero-order valence-corrected chi connectivity index (χ0v) is 9.66. The van der Waals surface area contributed by atoms with Gasteiger partial charge in [0.05, 0.1) is 5.69 Å². The first-order chi connectivity index (χ1) is 7.77. The van der Waals surface area contributed by atoms with Crippen LogP contribution in [0.5, 0.6) is 0 Å². The van der Waals surface area contributed by atoms with Crippen molar-refractivity contribution in [3.05, 3.63) is 30.5 Å². The van der Waals surface area contributed by atoms with Crippen molar-refractivity contribution in [2.24, 2.45) is 5.73 Å². The maximum atomic E-state index is 5.71. The van der Waals surface area contributed by atoms with Crippen LogP contribution in [0.3, 0.4) is 0 Å². The molecule has 0 radical (unpaired) electrons. The van der Waals surface area contributed by atoms with Crippen LogP contribution in [0, 0.1) is 0 Å². The molecule has 0 fully saturated rings. The molecule has 2 rings (SSSR count). The molecule has 0 amide bonds. The fraction of sp³-hybridized carbons (Fsp3) is 0.385. The van der Waals surface area contributed by atoms with E-state index in [0.717, 1.165) is 19.4 Å². The monoisotopic (exact) mass is 217 g/mol. The van der Waals surface area contributed by atoms with Crippen LogP contribution in [0.4, 0.5) is 5.69 Å². The zero-order chi connectivity index (χ0) is 11.4. The lowest BCUT2D eigenvalue weighted by Gasteiger charge is -2.06. The van der Waals surface area contributed by atoms with Crippen molar-refractivity contribution in [1.82, 2.24) is 4.98 Å². The average molecular weight is 217 g/mol. The Balaban J connectivity index is 1.94. The van der Waals surface area contributed by atoms with Gasteiger partial charge in [0, 0.05) is 29.7 Å². The summed E-state index contributed by atoms with van der Waals surface area (Å²) in [5.74, 6) is 0. The van der Waals surface area contributed by atoms with Crippen molar-refractivity contribution in [1.29, 1.82) is 0 Å². The number of para-hydroxylation sites is 1. The predicted molar refractivity (Wildman–Crippen MR) is 69.7 cm³/mol. The number of anilines is 1. The maximum absolute atomic E-state index is 5.71. The van der Waals surface area contributed by atoms with Gasteiger partial charge in [-0.2, -0.15) is 0 Å². The van der Waals surface area contributed by atoms with E-state index in [1.807, 2.05) is 19.2 Å². The molecule has 4 N–H and O–H groups in total. The van der Waals surface area contributed by atoms with Gasteiger partial charge >= 0.3 is 0 Å². The predicted octanol–water partition coefficient (Wildman–Crippen LogP) is 2.71. The molecule has 1 aromatic heterocycles. The highest BCUT2D eigenvalue weighted by molar-refractivity contribution is 5.92. The molecule has 0 saturated carbocycles. The van der Waals surface area contributed by atoms with Crippen LogP contribution in [0.15, 0.2) is 30.5 Å².